The van der Waals surface area contributed by atoms with Crippen LogP contribution in [-0.4, -0.2) is 6.54 Å². The van der Waals surface area contributed by atoms with Gasteiger partial charge in [-0.05, 0) is 37.1 Å². The number of halogens is 1. The molecule has 0 amide bonds. The van der Waals surface area contributed by atoms with Crippen LogP contribution >= 0.6 is 0 Å². The van der Waals surface area contributed by atoms with Crippen LogP contribution in [0.4, 0.5) is 4.39 Å². The summed E-state index contributed by atoms with van der Waals surface area (Å²) in [5.74, 6) is 0.637. The highest BCUT2D eigenvalue weighted by atomic mass is 19.1. The number of nitrogens with zero attached hydrogens (tertiary/aromatic N) is 1. The number of nitriles is 1. The molecule has 0 aromatic heterocycles. The van der Waals surface area contributed by atoms with Crippen LogP contribution in [-0.2, 0) is 6.54 Å². The summed E-state index contributed by atoms with van der Waals surface area (Å²) in [6, 6.07) is 6.51. The number of hydrogen-bond acceptors (Lipinski definition) is 2. The molecular weight excluding hydrogens is 215 g/mol. The summed E-state index contributed by atoms with van der Waals surface area (Å²) in [5, 5.41) is 12.0. The Morgan fingerprint density at radius 3 is 2.88 bits per heavy atom. The van der Waals surface area contributed by atoms with Crippen molar-refractivity contribution in [3.8, 4) is 6.07 Å². The Morgan fingerprint density at radius 2 is 2.24 bits per heavy atom. The predicted octanol–water partition coefficient (Wildman–Crippen LogP) is 2.98. The molecule has 0 saturated heterocycles. The molecule has 2 nitrogen and oxygen atoms in total. The van der Waals surface area contributed by atoms with E-state index in [4.69, 9.17) is 5.26 Å². The monoisotopic (exact) mass is 232 g/mol. The Bertz CT molecular complexity index is 419. The quantitative estimate of drug-likeness (QED) is 0.792. The fourth-order valence-electron chi connectivity index (χ4n) is 2.09. The highest BCUT2D eigenvalue weighted by molar-refractivity contribution is 5.33. The lowest BCUT2D eigenvalue weighted by Crippen LogP contribution is -2.21. The summed E-state index contributed by atoms with van der Waals surface area (Å²) in [5.41, 5.74) is 1.10. The zero-order valence-electron chi connectivity index (χ0n) is 9.88. The summed E-state index contributed by atoms with van der Waals surface area (Å²) >= 11 is 0. The minimum absolute atomic E-state index is 0.236. The van der Waals surface area contributed by atoms with E-state index in [0.29, 0.717) is 17.7 Å². The van der Waals surface area contributed by atoms with Crippen LogP contribution in [0.1, 0.15) is 36.8 Å². The third-order valence-corrected chi connectivity index (χ3v) is 3.44. The molecule has 1 aromatic carbocycles. The van der Waals surface area contributed by atoms with Gasteiger partial charge in [0.05, 0.1) is 11.6 Å². The molecule has 0 atom stereocenters. The van der Waals surface area contributed by atoms with Crippen molar-refractivity contribution in [3.63, 3.8) is 0 Å². The molecule has 17 heavy (non-hydrogen) atoms. The standard InChI is InChI=1S/C14H17FN2/c15-14-5-4-12(9-16)8-13(14)10-17-7-6-11-2-1-3-11/h4-5,8,11,17H,1-3,6-7,10H2. The molecule has 0 radical (unpaired) electrons. The van der Waals surface area contributed by atoms with E-state index >= 15 is 0 Å². The third kappa shape index (κ3) is 3.28. The van der Waals surface area contributed by atoms with Crippen LogP contribution < -0.4 is 5.32 Å². The fraction of sp³-hybridized carbons (Fsp3) is 0.500. The summed E-state index contributed by atoms with van der Waals surface area (Å²) < 4.78 is 13.4. The van der Waals surface area contributed by atoms with Crippen molar-refractivity contribution < 1.29 is 4.39 Å². The molecule has 1 fully saturated rings. The van der Waals surface area contributed by atoms with E-state index in [1.165, 1.54) is 37.8 Å². The van der Waals surface area contributed by atoms with Gasteiger partial charge in [0.15, 0.2) is 0 Å². The fourth-order valence-corrected chi connectivity index (χ4v) is 2.09. The van der Waals surface area contributed by atoms with E-state index < -0.39 is 0 Å². The molecule has 0 unspecified atom stereocenters. The molecule has 1 aliphatic carbocycles. The van der Waals surface area contributed by atoms with Gasteiger partial charge in [-0.2, -0.15) is 5.26 Å². The number of nitrogens with one attached hydrogen (secondary N) is 1. The maximum Gasteiger partial charge on any atom is 0.127 e. The maximum atomic E-state index is 13.4. The number of benzene rings is 1. The molecule has 0 spiro atoms. The largest absolute Gasteiger partial charge is 0.313 e. The first-order valence-electron chi connectivity index (χ1n) is 6.19. The highest BCUT2D eigenvalue weighted by Gasteiger charge is 2.16. The van der Waals surface area contributed by atoms with E-state index in [9.17, 15) is 4.39 Å². The second-order valence-electron chi connectivity index (χ2n) is 4.68. The second-order valence-corrected chi connectivity index (χ2v) is 4.68. The average molecular weight is 232 g/mol. The summed E-state index contributed by atoms with van der Waals surface area (Å²) in [6.07, 6.45) is 5.24. The highest BCUT2D eigenvalue weighted by Crippen LogP contribution is 2.28. The Kier molecular flexibility index (Phi) is 4.11. The molecule has 1 aliphatic rings. The van der Waals surface area contributed by atoms with E-state index in [1.54, 1.807) is 6.07 Å². The predicted molar refractivity (Wildman–Crippen MR) is 64.8 cm³/mol. The molecule has 3 heteroatoms. The van der Waals surface area contributed by atoms with Crippen molar-refractivity contribution in [2.45, 2.75) is 32.2 Å². The van der Waals surface area contributed by atoms with E-state index in [2.05, 4.69) is 5.32 Å². The number of rotatable bonds is 5. The lowest BCUT2D eigenvalue weighted by molar-refractivity contribution is 0.292. The lowest BCUT2D eigenvalue weighted by atomic mass is 9.83. The first kappa shape index (κ1) is 12.1. The van der Waals surface area contributed by atoms with Crippen molar-refractivity contribution in [3.05, 3.63) is 35.1 Å². The topological polar surface area (TPSA) is 35.8 Å². The molecule has 0 heterocycles. The third-order valence-electron chi connectivity index (χ3n) is 3.44. The van der Waals surface area contributed by atoms with Gasteiger partial charge in [-0.25, -0.2) is 4.39 Å². The van der Waals surface area contributed by atoms with E-state index in [0.717, 1.165) is 12.5 Å². The van der Waals surface area contributed by atoms with Crippen molar-refractivity contribution in [2.24, 2.45) is 5.92 Å². The van der Waals surface area contributed by atoms with Gasteiger partial charge < -0.3 is 5.32 Å². The van der Waals surface area contributed by atoms with E-state index in [1.807, 2.05) is 6.07 Å². The molecule has 1 N–H and O–H groups in total. The lowest BCUT2D eigenvalue weighted by Gasteiger charge is -2.25. The van der Waals surface area contributed by atoms with Gasteiger partial charge >= 0.3 is 0 Å². The zero-order valence-corrected chi connectivity index (χ0v) is 9.88. The van der Waals surface area contributed by atoms with Crippen LogP contribution in [0, 0.1) is 23.1 Å². The van der Waals surface area contributed by atoms with Crippen molar-refractivity contribution >= 4 is 0 Å². The smallest absolute Gasteiger partial charge is 0.127 e. The van der Waals surface area contributed by atoms with Gasteiger partial charge in [-0.15, -0.1) is 0 Å². The molecular formula is C14H17FN2. The Morgan fingerprint density at radius 1 is 1.41 bits per heavy atom. The van der Waals surface area contributed by atoms with Gasteiger partial charge in [0.25, 0.3) is 0 Å². The Hall–Kier alpha value is -1.40. The molecule has 0 bridgehead atoms. The van der Waals surface area contributed by atoms with Crippen molar-refractivity contribution in [2.75, 3.05) is 6.54 Å². The zero-order chi connectivity index (χ0) is 12.1. The summed E-state index contributed by atoms with van der Waals surface area (Å²) in [4.78, 5) is 0. The Labute approximate surface area is 101 Å². The van der Waals surface area contributed by atoms with Gasteiger partial charge in [0, 0.05) is 12.1 Å². The summed E-state index contributed by atoms with van der Waals surface area (Å²) in [6.45, 7) is 1.44. The molecule has 1 aromatic rings. The van der Waals surface area contributed by atoms with Crippen molar-refractivity contribution in [1.82, 2.24) is 5.32 Å². The first-order valence-corrected chi connectivity index (χ1v) is 6.19. The number of hydrogen-bond donors (Lipinski definition) is 1. The minimum Gasteiger partial charge on any atom is -0.313 e. The van der Waals surface area contributed by atoms with Crippen LogP contribution in [0.25, 0.3) is 0 Å². The van der Waals surface area contributed by atoms with Gasteiger partial charge in [0.1, 0.15) is 5.82 Å². The molecule has 90 valence electrons. The van der Waals surface area contributed by atoms with Gasteiger partial charge in [0.2, 0.25) is 0 Å². The van der Waals surface area contributed by atoms with Crippen LogP contribution in [0.5, 0.6) is 0 Å². The maximum absolute atomic E-state index is 13.4. The Balaban J connectivity index is 1.79. The second kappa shape index (κ2) is 5.79. The van der Waals surface area contributed by atoms with Crippen LogP contribution in [0.2, 0.25) is 0 Å². The average Bonchev–Trinajstić information content (AvgIpc) is 2.28. The molecule has 1 saturated carbocycles. The van der Waals surface area contributed by atoms with Gasteiger partial charge in [-0.3, -0.25) is 0 Å². The van der Waals surface area contributed by atoms with E-state index in [-0.39, 0.29) is 5.82 Å². The minimum atomic E-state index is -0.236. The first-order chi connectivity index (χ1) is 8.29. The van der Waals surface area contributed by atoms with Crippen LogP contribution in [0.15, 0.2) is 18.2 Å². The van der Waals surface area contributed by atoms with Crippen molar-refractivity contribution in [1.29, 1.82) is 5.26 Å². The SMILES string of the molecule is N#Cc1ccc(F)c(CNCCC2CCC2)c1. The molecule has 0 aliphatic heterocycles. The van der Waals surface area contributed by atoms with Crippen LogP contribution in [0.3, 0.4) is 0 Å². The van der Waals surface area contributed by atoms with Gasteiger partial charge in [-0.1, -0.05) is 19.3 Å². The summed E-state index contributed by atoms with van der Waals surface area (Å²) in [7, 11) is 0. The normalized spacial score (nSPS) is 15.3. The molecule has 2 rings (SSSR count).